The third kappa shape index (κ3) is 4.46. The maximum absolute atomic E-state index is 11.6. The first-order valence-electron chi connectivity index (χ1n) is 6.14. The molecule has 112 valence electrons. The smallest absolute Gasteiger partial charge is 0.335 e. The van der Waals surface area contributed by atoms with Crippen molar-refractivity contribution in [2.45, 2.75) is 13.3 Å². The number of carboxylic acid groups (broad SMARTS) is 1. The average Bonchev–Trinajstić information content (AvgIpc) is 2.37. The highest BCUT2D eigenvalue weighted by atomic mass is 32.2. The highest BCUT2D eigenvalue weighted by molar-refractivity contribution is 7.89. The molecule has 20 heavy (non-hydrogen) atoms. The molecule has 0 saturated heterocycles. The molecule has 1 aromatic heterocycles. The van der Waals surface area contributed by atoms with Crippen molar-refractivity contribution in [3.05, 3.63) is 23.4 Å². The zero-order valence-corrected chi connectivity index (χ0v) is 12.6. The Labute approximate surface area is 118 Å². The van der Waals surface area contributed by atoms with Gasteiger partial charge in [0.25, 0.3) is 0 Å². The van der Waals surface area contributed by atoms with E-state index >= 15 is 0 Å². The van der Waals surface area contributed by atoms with Crippen LogP contribution in [0.4, 0.5) is 5.82 Å². The summed E-state index contributed by atoms with van der Waals surface area (Å²) in [7, 11) is -0.352. The predicted octanol–water partition coefficient (Wildman–Crippen LogP) is 0.645. The van der Waals surface area contributed by atoms with E-state index in [1.807, 2.05) is 6.92 Å². The number of aromatic carboxylic acids is 1. The first kappa shape index (κ1) is 16.4. The quantitative estimate of drug-likeness (QED) is 0.767. The Kier molecular flexibility index (Phi) is 5.46. The molecule has 0 fully saturated rings. The van der Waals surface area contributed by atoms with E-state index in [0.717, 1.165) is 4.31 Å². The van der Waals surface area contributed by atoms with Gasteiger partial charge in [-0.2, -0.15) is 0 Å². The van der Waals surface area contributed by atoms with Gasteiger partial charge in [0.2, 0.25) is 10.0 Å². The first-order valence-corrected chi connectivity index (χ1v) is 7.75. The second-order valence-corrected chi connectivity index (χ2v) is 6.72. The lowest BCUT2D eigenvalue weighted by Gasteiger charge is -2.12. The van der Waals surface area contributed by atoms with E-state index in [1.165, 1.54) is 26.2 Å². The molecular formula is C12H19N3O4S. The van der Waals surface area contributed by atoms with E-state index in [1.54, 1.807) is 0 Å². The number of nitrogens with one attached hydrogen (secondary N) is 1. The van der Waals surface area contributed by atoms with Crippen molar-refractivity contribution >= 4 is 21.8 Å². The summed E-state index contributed by atoms with van der Waals surface area (Å²) in [6, 6.07) is 2.90. The van der Waals surface area contributed by atoms with Crippen LogP contribution in [0.3, 0.4) is 0 Å². The van der Waals surface area contributed by atoms with Gasteiger partial charge in [-0.25, -0.2) is 22.5 Å². The van der Waals surface area contributed by atoms with Crippen LogP contribution in [0.25, 0.3) is 0 Å². The second kappa shape index (κ2) is 6.67. The Hall–Kier alpha value is -1.67. The van der Waals surface area contributed by atoms with Gasteiger partial charge in [-0.15, -0.1) is 0 Å². The number of aryl methyl sites for hydroxylation is 1. The van der Waals surface area contributed by atoms with Crippen molar-refractivity contribution < 1.29 is 18.3 Å². The summed E-state index contributed by atoms with van der Waals surface area (Å²) in [6.45, 7) is 2.04. The normalized spacial score (nSPS) is 11.6. The van der Waals surface area contributed by atoms with Crippen molar-refractivity contribution in [3.8, 4) is 0 Å². The number of aromatic nitrogens is 1. The lowest BCUT2D eigenvalue weighted by atomic mass is 10.2. The summed E-state index contributed by atoms with van der Waals surface area (Å²) in [6.07, 6.45) is 0.603. The molecule has 0 amide bonds. The van der Waals surface area contributed by atoms with Gasteiger partial charge >= 0.3 is 5.97 Å². The van der Waals surface area contributed by atoms with E-state index in [2.05, 4.69) is 10.3 Å². The number of rotatable bonds is 7. The molecule has 0 atom stereocenters. The van der Waals surface area contributed by atoms with Gasteiger partial charge in [0, 0.05) is 26.3 Å². The number of hydrogen-bond donors (Lipinski definition) is 2. The van der Waals surface area contributed by atoms with Crippen LogP contribution < -0.4 is 5.32 Å². The molecule has 0 spiro atoms. The van der Waals surface area contributed by atoms with E-state index in [0.29, 0.717) is 17.9 Å². The molecule has 0 aromatic carbocycles. The number of sulfonamides is 1. The van der Waals surface area contributed by atoms with Crippen molar-refractivity contribution in [2.75, 3.05) is 31.7 Å². The highest BCUT2D eigenvalue weighted by Crippen LogP contribution is 2.11. The van der Waals surface area contributed by atoms with Gasteiger partial charge in [0.1, 0.15) is 5.82 Å². The summed E-state index contributed by atoms with van der Waals surface area (Å²) < 4.78 is 24.3. The minimum atomic E-state index is -3.28. The molecule has 0 bridgehead atoms. The number of carbonyl (C=O) groups is 1. The van der Waals surface area contributed by atoms with Gasteiger partial charge in [-0.1, -0.05) is 6.92 Å². The van der Waals surface area contributed by atoms with Gasteiger partial charge < -0.3 is 10.4 Å². The maximum atomic E-state index is 11.6. The lowest BCUT2D eigenvalue weighted by molar-refractivity contribution is 0.0696. The van der Waals surface area contributed by atoms with Crippen LogP contribution >= 0.6 is 0 Å². The van der Waals surface area contributed by atoms with Crippen molar-refractivity contribution in [1.29, 1.82) is 0 Å². The van der Waals surface area contributed by atoms with E-state index in [4.69, 9.17) is 5.11 Å². The highest BCUT2D eigenvalue weighted by Gasteiger charge is 2.13. The molecule has 0 aliphatic heterocycles. The predicted molar refractivity (Wildman–Crippen MR) is 76.5 cm³/mol. The Balaban J connectivity index is 2.78. The van der Waals surface area contributed by atoms with E-state index in [-0.39, 0.29) is 17.9 Å². The summed E-state index contributed by atoms with van der Waals surface area (Å²) in [5.74, 6) is -0.748. The standard InChI is InChI=1S/C12H19N3O4S/c1-4-10-7-9(12(16)17)8-11(14-10)13-5-6-20(18,19)15(2)3/h7-8H,4-6H2,1-3H3,(H,13,14)(H,16,17). The monoisotopic (exact) mass is 301 g/mol. The van der Waals surface area contributed by atoms with Crippen molar-refractivity contribution in [3.63, 3.8) is 0 Å². The molecule has 1 heterocycles. The van der Waals surface area contributed by atoms with E-state index < -0.39 is 16.0 Å². The number of pyridine rings is 1. The fourth-order valence-corrected chi connectivity index (χ4v) is 2.20. The molecular weight excluding hydrogens is 282 g/mol. The minimum Gasteiger partial charge on any atom is -0.478 e. The topological polar surface area (TPSA) is 99.6 Å². The molecule has 0 saturated carbocycles. The van der Waals surface area contributed by atoms with Crippen LogP contribution in [0.2, 0.25) is 0 Å². The van der Waals surface area contributed by atoms with Gasteiger partial charge in [0.15, 0.2) is 0 Å². The third-order valence-corrected chi connectivity index (χ3v) is 4.54. The number of anilines is 1. The van der Waals surface area contributed by atoms with Crippen LogP contribution in [0.1, 0.15) is 23.0 Å². The second-order valence-electron chi connectivity index (χ2n) is 4.42. The molecule has 2 N–H and O–H groups in total. The van der Waals surface area contributed by atoms with Crippen LogP contribution in [0.5, 0.6) is 0 Å². The Bertz CT molecular complexity index is 584. The van der Waals surface area contributed by atoms with Crippen LogP contribution in [-0.4, -0.2) is 55.2 Å². The summed E-state index contributed by atoms with van der Waals surface area (Å²) in [5.41, 5.74) is 0.776. The zero-order chi connectivity index (χ0) is 15.3. The van der Waals surface area contributed by atoms with Gasteiger partial charge in [0.05, 0.1) is 11.3 Å². The fraction of sp³-hybridized carbons (Fsp3) is 0.500. The Morgan fingerprint density at radius 1 is 1.40 bits per heavy atom. The Morgan fingerprint density at radius 2 is 2.05 bits per heavy atom. The molecule has 0 aliphatic rings. The van der Waals surface area contributed by atoms with Crippen LogP contribution in [0, 0.1) is 0 Å². The van der Waals surface area contributed by atoms with Crippen LogP contribution in [0.15, 0.2) is 12.1 Å². The lowest BCUT2D eigenvalue weighted by Crippen LogP contribution is -2.28. The van der Waals surface area contributed by atoms with Gasteiger partial charge in [-0.3, -0.25) is 0 Å². The minimum absolute atomic E-state index is 0.0829. The number of carboxylic acids is 1. The molecule has 0 aliphatic carbocycles. The van der Waals surface area contributed by atoms with Crippen molar-refractivity contribution in [1.82, 2.24) is 9.29 Å². The average molecular weight is 301 g/mol. The number of hydrogen-bond acceptors (Lipinski definition) is 5. The number of nitrogens with zero attached hydrogens (tertiary/aromatic N) is 2. The molecule has 7 nitrogen and oxygen atoms in total. The summed E-state index contributed by atoms with van der Waals surface area (Å²) in [5, 5.41) is 11.8. The van der Waals surface area contributed by atoms with Crippen molar-refractivity contribution in [2.24, 2.45) is 0 Å². The zero-order valence-electron chi connectivity index (χ0n) is 11.8. The summed E-state index contributed by atoms with van der Waals surface area (Å²) in [4.78, 5) is 15.2. The molecule has 1 rings (SSSR count). The fourth-order valence-electron chi connectivity index (χ4n) is 1.47. The molecule has 8 heteroatoms. The Morgan fingerprint density at radius 3 is 2.55 bits per heavy atom. The first-order chi connectivity index (χ1) is 9.26. The van der Waals surface area contributed by atoms with E-state index in [9.17, 15) is 13.2 Å². The molecule has 1 aromatic rings. The van der Waals surface area contributed by atoms with Crippen LogP contribution in [-0.2, 0) is 16.4 Å². The third-order valence-electron chi connectivity index (χ3n) is 2.71. The largest absolute Gasteiger partial charge is 0.478 e. The summed E-state index contributed by atoms with van der Waals surface area (Å²) >= 11 is 0. The maximum Gasteiger partial charge on any atom is 0.335 e. The molecule has 0 unspecified atom stereocenters. The molecule has 0 radical (unpaired) electrons. The SMILES string of the molecule is CCc1cc(C(=O)O)cc(NCCS(=O)(=O)N(C)C)n1. The van der Waals surface area contributed by atoms with Gasteiger partial charge in [-0.05, 0) is 18.6 Å².